The van der Waals surface area contributed by atoms with E-state index in [-0.39, 0.29) is 65.8 Å². The molecule has 2 aromatic carbocycles. The summed E-state index contributed by atoms with van der Waals surface area (Å²) in [5, 5.41) is 0. The van der Waals surface area contributed by atoms with Gasteiger partial charge in [-0.3, -0.25) is 19.2 Å². The van der Waals surface area contributed by atoms with Crippen molar-refractivity contribution in [2.45, 2.75) is 27.7 Å². The van der Waals surface area contributed by atoms with Gasteiger partial charge < -0.3 is 44.0 Å². The van der Waals surface area contributed by atoms with E-state index in [2.05, 4.69) is 0 Å². The molecule has 0 fully saturated rings. The third-order valence-electron chi connectivity index (χ3n) is 5.63. The standard InChI is InChI=1S/C30H41N3O10/c1-5-38-27(34)18-32(19-28(35)39-6-2)23-11-9-10-12-25(23)42-15-16-43-26-17-22(31)13-14-24(26)33(20-29(36)40-7-3)21-30(37)41-8-4/h9-14,17H,5-8,15-16,18-21,31H2,1-4H3. The minimum atomic E-state index is -0.523. The highest BCUT2D eigenvalue weighted by molar-refractivity contribution is 5.84. The van der Waals surface area contributed by atoms with E-state index in [4.69, 9.17) is 34.2 Å². The van der Waals surface area contributed by atoms with E-state index < -0.39 is 23.9 Å². The van der Waals surface area contributed by atoms with Crippen LogP contribution in [-0.2, 0) is 38.1 Å². The zero-order chi connectivity index (χ0) is 31.6. The van der Waals surface area contributed by atoms with E-state index in [0.717, 1.165) is 0 Å². The van der Waals surface area contributed by atoms with Crippen LogP contribution in [0.3, 0.4) is 0 Å². The SMILES string of the molecule is CCOC(=O)CN(CC(=O)OCC)c1ccccc1OCCOc1cc(N)ccc1N(CC(=O)OCC)CC(=O)OCC. The molecule has 43 heavy (non-hydrogen) atoms. The molecule has 2 N–H and O–H groups in total. The Hall–Kier alpha value is -4.68. The molecule has 0 unspecified atom stereocenters. The number of esters is 4. The third-order valence-corrected chi connectivity index (χ3v) is 5.63. The number of hydrogen-bond donors (Lipinski definition) is 1. The Morgan fingerprint density at radius 2 is 0.977 bits per heavy atom. The van der Waals surface area contributed by atoms with Crippen molar-refractivity contribution in [3.63, 3.8) is 0 Å². The van der Waals surface area contributed by atoms with Crippen LogP contribution in [0.1, 0.15) is 27.7 Å². The van der Waals surface area contributed by atoms with Gasteiger partial charge in [0.1, 0.15) is 50.9 Å². The average molecular weight is 604 g/mol. The highest BCUT2D eigenvalue weighted by atomic mass is 16.5. The van der Waals surface area contributed by atoms with Crippen molar-refractivity contribution >= 4 is 40.9 Å². The maximum absolute atomic E-state index is 12.3. The zero-order valence-corrected chi connectivity index (χ0v) is 25.2. The minimum absolute atomic E-state index is 0.0488. The van der Waals surface area contributed by atoms with E-state index in [1.165, 1.54) is 9.80 Å². The summed E-state index contributed by atoms with van der Waals surface area (Å²) in [5.74, 6) is -1.34. The molecule has 0 aromatic heterocycles. The molecule has 0 bridgehead atoms. The van der Waals surface area contributed by atoms with Crippen molar-refractivity contribution in [2.75, 3.05) is 81.4 Å². The van der Waals surface area contributed by atoms with Crippen LogP contribution in [0.2, 0.25) is 0 Å². The Kier molecular flexibility index (Phi) is 15.0. The van der Waals surface area contributed by atoms with Crippen LogP contribution in [0.4, 0.5) is 17.1 Å². The van der Waals surface area contributed by atoms with E-state index >= 15 is 0 Å². The highest BCUT2D eigenvalue weighted by Crippen LogP contribution is 2.32. The second kappa shape index (κ2) is 18.7. The van der Waals surface area contributed by atoms with Gasteiger partial charge in [-0.1, -0.05) is 12.1 Å². The Morgan fingerprint density at radius 3 is 1.42 bits per heavy atom. The molecule has 13 heteroatoms. The van der Waals surface area contributed by atoms with Gasteiger partial charge in [0.25, 0.3) is 0 Å². The van der Waals surface area contributed by atoms with Gasteiger partial charge in [0.15, 0.2) is 0 Å². The topological polar surface area (TPSA) is 156 Å². The van der Waals surface area contributed by atoms with Gasteiger partial charge in [-0.2, -0.15) is 0 Å². The summed E-state index contributed by atoms with van der Waals surface area (Å²) in [6.45, 7) is 6.86. The quantitative estimate of drug-likeness (QED) is 0.108. The van der Waals surface area contributed by atoms with Crippen molar-refractivity contribution in [1.82, 2.24) is 0 Å². The molecule has 0 aliphatic rings. The number of carbonyl (C=O) groups excluding carboxylic acids is 4. The van der Waals surface area contributed by atoms with Crippen molar-refractivity contribution in [3.05, 3.63) is 42.5 Å². The molecule has 0 aliphatic heterocycles. The van der Waals surface area contributed by atoms with Crippen LogP contribution in [0.25, 0.3) is 0 Å². The van der Waals surface area contributed by atoms with Gasteiger partial charge in [-0.15, -0.1) is 0 Å². The second-order valence-electron chi connectivity index (χ2n) is 8.82. The van der Waals surface area contributed by atoms with Crippen LogP contribution in [-0.4, -0.2) is 89.7 Å². The molecule has 0 saturated heterocycles. The molecule has 0 aliphatic carbocycles. The number of carbonyl (C=O) groups is 4. The normalized spacial score (nSPS) is 10.3. The molecule has 0 saturated carbocycles. The summed E-state index contributed by atoms with van der Waals surface area (Å²) < 4.78 is 32.3. The van der Waals surface area contributed by atoms with Gasteiger partial charge >= 0.3 is 23.9 Å². The highest BCUT2D eigenvalue weighted by Gasteiger charge is 2.22. The number of anilines is 3. The molecule has 0 spiro atoms. The predicted molar refractivity (Wildman–Crippen MR) is 159 cm³/mol. The first kappa shape index (κ1) is 34.5. The Labute approximate surface area is 251 Å². The molecule has 13 nitrogen and oxygen atoms in total. The van der Waals surface area contributed by atoms with Crippen LogP contribution in [0.5, 0.6) is 11.5 Å². The van der Waals surface area contributed by atoms with Gasteiger partial charge in [0.2, 0.25) is 0 Å². The minimum Gasteiger partial charge on any atom is -0.488 e. The fourth-order valence-corrected chi connectivity index (χ4v) is 3.95. The fourth-order valence-electron chi connectivity index (χ4n) is 3.95. The molecule has 0 amide bonds. The zero-order valence-electron chi connectivity index (χ0n) is 25.2. The first-order valence-corrected chi connectivity index (χ1v) is 14.1. The predicted octanol–water partition coefficient (Wildman–Crippen LogP) is 2.59. The smallest absolute Gasteiger partial charge is 0.325 e. The number of nitrogens with zero attached hydrogens (tertiary/aromatic N) is 2. The fraction of sp³-hybridized carbons (Fsp3) is 0.467. The number of nitrogens with two attached hydrogens (primary N) is 1. The van der Waals surface area contributed by atoms with E-state index in [1.807, 2.05) is 0 Å². The van der Waals surface area contributed by atoms with E-state index in [9.17, 15) is 19.2 Å². The van der Waals surface area contributed by atoms with E-state index in [0.29, 0.717) is 28.6 Å². The monoisotopic (exact) mass is 603 g/mol. The summed E-state index contributed by atoms with van der Waals surface area (Å²) in [5.41, 5.74) is 7.34. The molecule has 2 aromatic rings. The average Bonchev–Trinajstić information content (AvgIpc) is 2.95. The van der Waals surface area contributed by atoms with Crippen LogP contribution >= 0.6 is 0 Å². The Bertz CT molecular complexity index is 1170. The molecule has 236 valence electrons. The lowest BCUT2D eigenvalue weighted by Crippen LogP contribution is -2.36. The summed E-state index contributed by atoms with van der Waals surface area (Å²) in [6, 6.07) is 11.8. The lowest BCUT2D eigenvalue weighted by Gasteiger charge is -2.26. The summed E-state index contributed by atoms with van der Waals surface area (Å²) in [6.07, 6.45) is 0. The third kappa shape index (κ3) is 12.0. The second-order valence-corrected chi connectivity index (χ2v) is 8.82. The van der Waals surface area contributed by atoms with Crippen molar-refractivity contribution < 1.29 is 47.6 Å². The number of ether oxygens (including phenoxy) is 6. The Morgan fingerprint density at radius 1 is 0.581 bits per heavy atom. The summed E-state index contributed by atoms with van der Waals surface area (Å²) >= 11 is 0. The van der Waals surface area contributed by atoms with Crippen LogP contribution in [0, 0.1) is 0 Å². The lowest BCUT2D eigenvalue weighted by atomic mass is 10.2. The van der Waals surface area contributed by atoms with Crippen LogP contribution < -0.4 is 25.0 Å². The van der Waals surface area contributed by atoms with Crippen LogP contribution in [0.15, 0.2) is 42.5 Å². The summed E-state index contributed by atoms with van der Waals surface area (Å²) in [7, 11) is 0. The number of para-hydroxylation sites is 2. The lowest BCUT2D eigenvalue weighted by molar-refractivity contribution is -0.144. The van der Waals surface area contributed by atoms with Crippen molar-refractivity contribution in [2.24, 2.45) is 0 Å². The van der Waals surface area contributed by atoms with Gasteiger partial charge in [0.05, 0.1) is 37.8 Å². The maximum Gasteiger partial charge on any atom is 0.325 e. The summed E-state index contributed by atoms with van der Waals surface area (Å²) in [4.78, 5) is 52.1. The first-order chi connectivity index (χ1) is 20.7. The molecule has 0 atom stereocenters. The molecular weight excluding hydrogens is 562 g/mol. The van der Waals surface area contributed by atoms with Gasteiger partial charge in [0, 0.05) is 11.8 Å². The largest absolute Gasteiger partial charge is 0.488 e. The number of hydrogen-bond acceptors (Lipinski definition) is 13. The van der Waals surface area contributed by atoms with Crippen molar-refractivity contribution in [3.8, 4) is 11.5 Å². The van der Waals surface area contributed by atoms with E-state index in [1.54, 1.807) is 70.2 Å². The number of rotatable bonds is 19. The number of nitrogen functional groups attached to an aromatic ring is 1. The van der Waals surface area contributed by atoms with Gasteiger partial charge in [-0.05, 0) is 52.0 Å². The number of benzene rings is 2. The molecule has 0 radical (unpaired) electrons. The van der Waals surface area contributed by atoms with Gasteiger partial charge in [-0.25, -0.2) is 0 Å². The Balaban J connectivity index is 2.20. The first-order valence-electron chi connectivity index (χ1n) is 14.1. The molecular formula is C30H41N3O10. The molecule has 0 heterocycles. The molecule has 2 rings (SSSR count). The van der Waals surface area contributed by atoms with Crippen molar-refractivity contribution in [1.29, 1.82) is 0 Å². The maximum atomic E-state index is 12.3.